The van der Waals surface area contributed by atoms with Gasteiger partial charge >= 0.3 is 0 Å². The minimum Gasteiger partial charge on any atom is -0.497 e. The Balaban J connectivity index is 1.41. The number of hydrogen-bond acceptors (Lipinski definition) is 5. The second-order valence-electron chi connectivity index (χ2n) is 8.89. The van der Waals surface area contributed by atoms with E-state index in [2.05, 4.69) is 20.5 Å². The van der Waals surface area contributed by atoms with Crippen LogP contribution in [-0.2, 0) is 33.1 Å². The van der Waals surface area contributed by atoms with Crippen molar-refractivity contribution < 1.29 is 4.74 Å². The fourth-order valence-electron chi connectivity index (χ4n) is 4.78. The molecule has 7 heteroatoms. The van der Waals surface area contributed by atoms with Crippen LogP contribution in [0.3, 0.4) is 0 Å². The molecular weight excluding hydrogens is 438 g/mol. The molecule has 176 valence electrons. The van der Waals surface area contributed by atoms with Crippen molar-refractivity contribution in [2.45, 2.75) is 26.1 Å². The SMILES string of the molecule is COc1cccc(-c2cc(=O)n(C)c3c2CN(Cc2cncn2Cc2ccc(C#N)cc2)CC3)c1. The van der Waals surface area contributed by atoms with Gasteiger partial charge in [-0.05, 0) is 46.5 Å². The molecule has 4 aromatic rings. The molecule has 0 saturated heterocycles. The van der Waals surface area contributed by atoms with Crippen molar-refractivity contribution in [3.05, 3.63) is 106 Å². The van der Waals surface area contributed by atoms with E-state index in [0.717, 1.165) is 59.9 Å². The minimum atomic E-state index is 0.00973. The number of aromatic nitrogens is 3. The third-order valence-electron chi connectivity index (χ3n) is 6.72. The van der Waals surface area contributed by atoms with E-state index in [-0.39, 0.29) is 5.56 Å². The van der Waals surface area contributed by atoms with Crippen LogP contribution in [0.1, 0.15) is 28.1 Å². The topological polar surface area (TPSA) is 76.1 Å². The van der Waals surface area contributed by atoms with E-state index in [1.807, 2.05) is 68.1 Å². The Morgan fingerprint density at radius 3 is 2.71 bits per heavy atom. The molecule has 1 aliphatic rings. The standard InChI is InChI=1S/C28H27N5O2/c1-31-27-10-11-32(17-23-15-30-19-33(23)16-21-8-6-20(14-29)7-9-21)18-26(27)25(13-28(31)34)22-4-3-5-24(12-22)35-2/h3-9,12-13,15,19H,10-11,16-18H2,1-2H3. The van der Waals surface area contributed by atoms with Crippen molar-refractivity contribution in [1.29, 1.82) is 5.26 Å². The van der Waals surface area contributed by atoms with Crippen LogP contribution in [0, 0.1) is 11.3 Å². The Labute approximate surface area is 204 Å². The van der Waals surface area contributed by atoms with Crippen molar-refractivity contribution in [2.75, 3.05) is 13.7 Å². The number of hydrogen-bond donors (Lipinski definition) is 0. The van der Waals surface area contributed by atoms with Gasteiger partial charge in [-0.25, -0.2) is 4.98 Å². The maximum Gasteiger partial charge on any atom is 0.251 e. The summed E-state index contributed by atoms with van der Waals surface area (Å²) in [6, 6.07) is 19.5. The normalized spacial score (nSPS) is 13.3. The number of nitriles is 1. The molecule has 0 fully saturated rings. The summed E-state index contributed by atoms with van der Waals surface area (Å²) >= 11 is 0. The highest BCUT2D eigenvalue weighted by molar-refractivity contribution is 5.69. The maximum absolute atomic E-state index is 12.7. The average Bonchev–Trinajstić information content (AvgIpc) is 3.32. The Morgan fingerprint density at radius 1 is 1.11 bits per heavy atom. The Hall–Kier alpha value is -4.15. The predicted octanol–water partition coefficient (Wildman–Crippen LogP) is 3.74. The first-order valence-corrected chi connectivity index (χ1v) is 11.6. The fourth-order valence-corrected chi connectivity index (χ4v) is 4.78. The van der Waals surface area contributed by atoms with Gasteiger partial charge in [0.2, 0.25) is 0 Å². The fraction of sp³-hybridized carbons (Fsp3) is 0.250. The molecule has 0 saturated carbocycles. The quantitative estimate of drug-likeness (QED) is 0.434. The number of rotatable bonds is 6. The second-order valence-corrected chi connectivity index (χ2v) is 8.89. The van der Waals surface area contributed by atoms with Crippen molar-refractivity contribution in [3.63, 3.8) is 0 Å². The third-order valence-corrected chi connectivity index (χ3v) is 6.72. The van der Waals surface area contributed by atoms with Crippen LogP contribution < -0.4 is 10.3 Å². The molecular formula is C28H27N5O2. The molecule has 0 radical (unpaired) electrons. The highest BCUT2D eigenvalue weighted by Crippen LogP contribution is 2.31. The highest BCUT2D eigenvalue weighted by Gasteiger charge is 2.24. The van der Waals surface area contributed by atoms with Gasteiger partial charge in [-0.1, -0.05) is 24.3 Å². The Kier molecular flexibility index (Phi) is 6.21. The summed E-state index contributed by atoms with van der Waals surface area (Å²) in [5.74, 6) is 0.774. The van der Waals surface area contributed by atoms with Crippen LogP contribution in [0.25, 0.3) is 11.1 Å². The van der Waals surface area contributed by atoms with Crippen LogP contribution in [-0.4, -0.2) is 32.7 Å². The van der Waals surface area contributed by atoms with Gasteiger partial charge in [0.05, 0.1) is 30.8 Å². The average molecular weight is 466 g/mol. The number of imidazole rings is 1. The van der Waals surface area contributed by atoms with E-state index in [9.17, 15) is 4.79 Å². The van der Waals surface area contributed by atoms with Crippen molar-refractivity contribution >= 4 is 0 Å². The molecule has 2 aromatic carbocycles. The zero-order chi connectivity index (χ0) is 24.4. The molecule has 0 bridgehead atoms. The Bertz CT molecular complexity index is 1460. The van der Waals surface area contributed by atoms with E-state index in [1.165, 1.54) is 5.56 Å². The lowest BCUT2D eigenvalue weighted by atomic mass is 9.94. The van der Waals surface area contributed by atoms with Crippen molar-refractivity contribution in [1.82, 2.24) is 19.0 Å². The lowest BCUT2D eigenvalue weighted by molar-refractivity contribution is 0.235. The molecule has 1 aliphatic heterocycles. The lowest BCUT2D eigenvalue weighted by Crippen LogP contribution is -2.35. The van der Waals surface area contributed by atoms with Crippen molar-refractivity contribution in [2.24, 2.45) is 7.05 Å². The molecule has 0 aliphatic carbocycles. The Morgan fingerprint density at radius 2 is 1.94 bits per heavy atom. The van der Waals surface area contributed by atoms with E-state index >= 15 is 0 Å². The predicted molar refractivity (Wildman–Crippen MR) is 134 cm³/mol. The summed E-state index contributed by atoms with van der Waals surface area (Å²) in [4.78, 5) is 19.5. The van der Waals surface area contributed by atoms with Gasteiger partial charge in [0.15, 0.2) is 0 Å². The van der Waals surface area contributed by atoms with E-state index in [4.69, 9.17) is 10.00 Å². The summed E-state index contributed by atoms with van der Waals surface area (Å²) in [6.45, 7) is 3.08. The van der Waals surface area contributed by atoms with Crippen LogP contribution in [0.5, 0.6) is 5.75 Å². The molecule has 5 rings (SSSR count). The zero-order valence-corrected chi connectivity index (χ0v) is 19.9. The van der Waals surface area contributed by atoms with Crippen LogP contribution >= 0.6 is 0 Å². The van der Waals surface area contributed by atoms with Crippen molar-refractivity contribution in [3.8, 4) is 22.9 Å². The lowest BCUT2D eigenvalue weighted by Gasteiger charge is -2.31. The second kappa shape index (κ2) is 9.61. The van der Waals surface area contributed by atoms with Gasteiger partial charge in [0.1, 0.15) is 5.75 Å². The van der Waals surface area contributed by atoms with E-state index in [1.54, 1.807) is 17.7 Å². The number of nitrogens with zero attached hydrogens (tertiary/aromatic N) is 5. The summed E-state index contributed by atoms with van der Waals surface area (Å²) in [7, 11) is 3.51. The monoisotopic (exact) mass is 465 g/mol. The number of benzene rings is 2. The summed E-state index contributed by atoms with van der Waals surface area (Å²) in [5, 5.41) is 9.04. The largest absolute Gasteiger partial charge is 0.497 e. The van der Waals surface area contributed by atoms with Crippen LogP contribution in [0.2, 0.25) is 0 Å². The number of methoxy groups -OCH3 is 1. The van der Waals surface area contributed by atoms with Crippen LogP contribution in [0.15, 0.2) is 71.9 Å². The summed E-state index contributed by atoms with van der Waals surface area (Å²) < 4.78 is 9.36. The molecule has 0 amide bonds. The van der Waals surface area contributed by atoms with Gasteiger partial charge < -0.3 is 13.9 Å². The summed E-state index contributed by atoms with van der Waals surface area (Å²) in [5.41, 5.74) is 7.17. The molecule has 0 spiro atoms. The number of fused-ring (bicyclic) bond motifs is 1. The molecule has 0 atom stereocenters. The summed E-state index contributed by atoms with van der Waals surface area (Å²) in [6.07, 6.45) is 4.59. The minimum absolute atomic E-state index is 0.00973. The number of pyridine rings is 1. The van der Waals surface area contributed by atoms with Crippen LogP contribution in [0.4, 0.5) is 0 Å². The first-order chi connectivity index (χ1) is 17.1. The molecule has 0 N–H and O–H groups in total. The molecule has 7 nitrogen and oxygen atoms in total. The molecule has 3 heterocycles. The van der Waals surface area contributed by atoms with E-state index in [0.29, 0.717) is 12.1 Å². The van der Waals surface area contributed by atoms with Gasteiger partial charge in [-0.15, -0.1) is 0 Å². The first-order valence-electron chi connectivity index (χ1n) is 11.6. The van der Waals surface area contributed by atoms with Gasteiger partial charge in [-0.2, -0.15) is 5.26 Å². The third kappa shape index (κ3) is 4.61. The molecule has 0 unspecified atom stereocenters. The molecule has 35 heavy (non-hydrogen) atoms. The maximum atomic E-state index is 12.7. The number of ether oxygens (including phenoxy) is 1. The molecule has 2 aromatic heterocycles. The van der Waals surface area contributed by atoms with Gasteiger partial charge in [0, 0.05) is 57.6 Å². The van der Waals surface area contributed by atoms with Gasteiger partial charge in [-0.3, -0.25) is 9.69 Å². The highest BCUT2D eigenvalue weighted by atomic mass is 16.5. The zero-order valence-electron chi connectivity index (χ0n) is 19.9. The smallest absolute Gasteiger partial charge is 0.251 e. The van der Waals surface area contributed by atoms with Gasteiger partial charge in [0.25, 0.3) is 5.56 Å². The first kappa shape index (κ1) is 22.6. The van der Waals surface area contributed by atoms with E-state index < -0.39 is 0 Å².